The fraction of sp³-hybridized carbons (Fsp3) is 0.533. The number of fused-ring (bicyclic) bond motifs is 1. The van der Waals surface area contributed by atoms with Gasteiger partial charge in [-0.25, -0.2) is 9.48 Å². The first-order valence-corrected chi connectivity index (χ1v) is 13.7. The van der Waals surface area contributed by atoms with E-state index in [1.165, 1.54) is 4.90 Å². The van der Waals surface area contributed by atoms with Crippen LogP contribution in [0.2, 0.25) is 0 Å². The van der Waals surface area contributed by atoms with Gasteiger partial charge in [0, 0.05) is 19.5 Å². The van der Waals surface area contributed by atoms with E-state index in [1.54, 1.807) is 18.5 Å². The highest BCUT2D eigenvalue weighted by molar-refractivity contribution is 5.82. The third-order valence-electron chi connectivity index (χ3n) is 8.56. The summed E-state index contributed by atoms with van der Waals surface area (Å²) in [5.41, 5.74) is 9.73. The van der Waals surface area contributed by atoms with Crippen LogP contribution in [0.15, 0.2) is 30.3 Å². The largest absolute Gasteiger partial charge is 0.481 e. The first kappa shape index (κ1) is 28.5. The zero-order valence-electron chi connectivity index (χ0n) is 23.7. The summed E-state index contributed by atoms with van der Waals surface area (Å²) in [5, 5.41) is 30.0. The smallest absolute Gasteiger partial charge is 0.315 e. The normalized spacial score (nSPS) is 16.6. The molecule has 0 spiro atoms. The number of carbonyl (C=O) groups excluding carboxylic acids is 1. The summed E-state index contributed by atoms with van der Waals surface area (Å²) >= 11 is 0. The summed E-state index contributed by atoms with van der Waals surface area (Å²) in [5.74, 6) is -1.41. The summed E-state index contributed by atoms with van der Waals surface area (Å²) in [4.78, 5) is 26.6. The van der Waals surface area contributed by atoms with Crippen LogP contribution in [0.5, 0.6) is 0 Å². The SMILES string of the molecule is Cc1ccc([C@@H](c2ccc3c(nnn3C)c2C)C(C)(C)C(=O)O)cc1CN(CC1(O)CCCCCC1)C(N)=O. The van der Waals surface area contributed by atoms with E-state index in [2.05, 4.69) is 10.3 Å². The Morgan fingerprint density at radius 2 is 1.79 bits per heavy atom. The predicted octanol–water partition coefficient (Wildman–Crippen LogP) is 4.79. The number of urea groups is 1. The molecule has 1 heterocycles. The molecule has 1 fully saturated rings. The number of carboxylic acid groups (broad SMARTS) is 1. The van der Waals surface area contributed by atoms with Gasteiger partial charge in [-0.2, -0.15) is 0 Å². The lowest BCUT2D eigenvalue weighted by molar-refractivity contribution is -0.147. The maximum atomic E-state index is 12.6. The van der Waals surface area contributed by atoms with Crippen LogP contribution in [0.1, 0.15) is 86.1 Å². The Morgan fingerprint density at radius 3 is 2.41 bits per heavy atom. The summed E-state index contributed by atoms with van der Waals surface area (Å²) in [6, 6.07) is 9.22. The van der Waals surface area contributed by atoms with Crippen molar-refractivity contribution in [2.45, 2.75) is 84.3 Å². The molecule has 1 aliphatic rings. The van der Waals surface area contributed by atoms with E-state index in [4.69, 9.17) is 5.73 Å². The second kappa shape index (κ2) is 11.0. The van der Waals surface area contributed by atoms with E-state index >= 15 is 0 Å². The molecule has 0 radical (unpaired) electrons. The molecule has 210 valence electrons. The minimum atomic E-state index is -1.15. The molecule has 0 aliphatic heterocycles. The highest BCUT2D eigenvalue weighted by atomic mass is 16.4. The molecule has 4 rings (SSSR count). The number of hydrogen-bond acceptors (Lipinski definition) is 5. The van der Waals surface area contributed by atoms with Crippen molar-refractivity contribution < 1.29 is 19.8 Å². The second-order valence-corrected chi connectivity index (χ2v) is 11.8. The van der Waals surface area contributed by atoms with Crippen LogP contribution in [-0.2, 0) is 18.4 Å². The van der Waals surface area contributed by atoms with Crippen LogP contribution in [0.4, 0.5) is 4.79 Å². The van der Waals surface area contributed by atoms with Gasteiger partial charge in [0.25, 0.3) is 0 Å². The van der Waals surface area contributed by atoms with E-state index in [9.17, 15) is 19.8 Å². The van der Waals surface area contributed by atoms with Crippen molar-refractivity contribution in [3.05, 3.63) is 58.1 Å². The molecule has 4 N–H and O–H groups in total. The molecule has 1 aliphatic carbocycles. The van der Waals surface area contributed by atoms with E-state index in [1.807, 2.05) is 51.2 Å². The highest BCUT2D eigenvalue weighted by Gasteiger charge is 2.40. The monoisotopic (exact) mass is 535 g/mol. The van der Waals surface area contributed by atoms with E-state index in [-0.39, 0.29) is 13.1 Å². The first-order chi connectivity index (χ1) is 18.3. The molecule has 39 heavy (non-hydrogen) atoms. The number of primary amides is 1. The van der Waals surface area contributed by atoms with E-state index in [0.717, 1.165) is 64.5 Å². The highest BCUT2D eigenvalue weighted by Crippen LogP contribution is 2.44. The van der Waals surface area contributed by atoms with Crippen molar-refractivity contribution in [3.8, 4) is 0 Å². The topological polar surface area (TPSA) is 135 Å². The van der Waals surface area contributed by atoms with Crippen LogP contribution >= 0.6 is 0 Å². The van der Waals surface area contributed by atoms with Crippen molar-refractivity contribution in [1.82, 2.24) is 19.9 Å². The van der Waals surface area contributed by atoms with Crippen LogP contribution in [-0.4, -0.2) is 54.3 Å². The number of aryl methyl sites for hydroxylation is 3. The van der Waals surface area contributed by atoms with Gasteiger partial charge in [-0.05, 0) is 74.4 Å². The summed E-state index contributed by atoms with van der Waals surface area (Å²) < 4.78 is 1.70. The number of benzene rings is 2. The molecular formula is C30H41N5O4. The number of hydrogen-bond donors (Lipinski definition) is 3. The summed E-state index contributed by atoms with van der Waals surface area (Å²) in [6.45, 7) is 7.80. The zero-order valence-corrected chi connectivity index (χ0v) is 23.7. The number of aliphatic hydroxyl groups is 1. The van der Waals surface area contributed by atoms with Crippen molar-refractivity contribution >= 4 is 23.0 Å². The molecule has 0 bridgehead atoms. The van der Waals surface area contributed by atoms with E-state index < -0.39 is 28.9 Å². The van der Waals surface area contributed by atoms with Crippen molar-refractivity contribution in [3.63, 3.8) is 0 Å². The van der Waals surface area contributed by atoms with Crippen LogP contribution in [0, 0.1) is 19.3 Å². The molecule has 0 saturated heterocycles. The number of carboxylic acids is 1. The summed E-state index contributed by atoms with van der Waals surface area (Å²) in [6.07, 6.45) is 5.32. The Kier molecular flexibility index (Phi) is 8.02. The maximum Gasteiger partial charge on any atom is 0.315 e. The number of nitrogens with two attached hydrogens (primary N) is 1. The Hall–Kier alpha value is -3.46. The van der Waals surface area contributed by atoms with Gasteiger partial charge in [-0.1, -0.05) is 55.2 Å². The van der Waals surface area contributed by atoms with Gasteiger partial charge < -0.3 is 20.8 Å². The Balaban J connectivity index is 1.76. The van der Waals surface area contributed by atoms with Gasteiger partial charge in [0.15, 0.2) is 0 Å². The second-order valence-electron chi connectivity index (χ2n) is 11.8. The zero-order chi connectivity index (χ0) is 28.5. The number of carbonyl (C=O) groups is 2. The van der Waals surface area contributed by atoms with Gasteiger partial charge >= 0.3 is 12.0 Å². The Morgan fingerprint density at radius 1 is 1.13 bits per heavy atom. The van der Waals surface area contributed by atoms with Gasteiger partial charge in [0.05, 0.1) is 23.1 Å². The lowest BCUT2D eigenvalue weighted by Crippen LogP contribution is -2.47. The van der Waals surface area contributed by atoms with Gasteiger partial charge in [-0.3, -0.25) is 4.79 Å². The van der Waals surface area contributed by atoms with Gasteiger partial charge in [0.1, 0.15) is 5.52 Å². The average Bonchev–Trinajstić information content (AvgIpc) is 3.11. The number of aromatic nitrogens is 3. The fourth-order valence-corrected chi connectivity index (χ4v) is 6.03. The molecule has 9 nitrogen and oxygen atoms in total. The van der Waals surface area contributed by atoms with Crippen molar-refractivity contribution in [2.24, 2.45) is 18.2 Å². The minimum absolute atomic E-state index is 0.179. The molecule has 1 aromatic heterocycles. The maximum absolute atomic E-state index is 12.6. The number of rotatable bonds is 8. The van der Waals surface area contributed by atoms with Crippen LogP contribution in [0.3, 0.4) is 0 Å². The molecule has 0 unspecified atom stereocenters. The van der Waals surface area contributed by atoms with Crippen molar-refractivity contribution in [2.75, 3.05) is 6.54 Å². The molecule has 2 amide bonds. The number of aliphatic carboxylic acids is 1. The summed E-state index contributed by atoms with van der Waals surface area (Å²) in [7, 11) is 1.83. The van der Waals surface area contributed by atoms with Gasteiger partial charge in [0.2, 0.25) is 0 Å². The third kappa shape index (κ3) is 5.78. The quantitative estimate of drug-likeness (QED) is 0.355. The molecule has 1 saturated carbocycles. The Labute approximate surface area is 230 Å². The number of amides is 2. The number of nitrogens with zero attached hydrogens (tertiary/aromatic N) is 4. The van der Waals surface area contributed by atoms with Crippen LogP contribution in [0.25, 0.3) is 11.0 Å². The average molecular weight is 536 g/mol. The molecule has 1 atom stereocenters. The lowest BCUT2D eigenvalue weighted by atomic mass is 9.69. The van der Waals surface area contributed by atoms with Gasteiger partial charge in [-0.15, -0.1) is 5.10 Å². The molecular weight excluding hydrogens is 494 g/mol. The predicted molar refractivity (Wildman–Crippen MR) is 150 cm³/mol. The lowest BCUT2D eigenvalue weighted by Gasteiger charge is -2.34. The standard InChI is InChI=1S/C30H41N5O4/c1-19-10-11-21(16-22(19)17-35(28(31)38)18-30(39)14-8-6-7-9-15-30)25(29(3,4)27(36)37)23-12-13-24-26(20(23)2)32-33-34(24)5/h10-13,16,25,39H,6-9,14-15,17-18H2,1-5H3,(H2,31,38)(H,36,37)/t25-/m0/s1. The Bertz CT molecular complexity index is 1370. The molecule has 9 heteroatoms. The van der Waals surface area contributed by atoms with Crippen LogP contribution < -0.4 is 5.73 Å². The minimum Gasteiger partial charge on any atom is -0.481 e. The fourth-order valence-electron chi connectivity index (χ4n) is 6.03. The first-order valence-electron chi connectivity index (χ1n) is 13.7. The third-order valence-corrected chi connectivity index (χ3v) is 8.56. The van der Waals surface area contributed by atoms with E-state index in [0.29, 0.717) is 12.8 Å². The van der Waals surface area contributed by atoms with Crippen molar-refractivity contribution in [1.29, 1.82) is 0 Å². The molecule has 2 aromatic carbocycles. The molecule has 3 aromatic rings.